The third kappa shape index (κ3) is 4.53. The van der Waals surface area contributed by atoms with Gasteiger partial charge < -0.3 is 11.1 Å². The molecule has 0 saturated heterocycles. The Kier molecular flexibility index (Phi) is 4.23. The maximum Gasteiger partial charge on any atom is 0.219 e. The van der Waals surface area contributed by atoms with E-state index in [0.29, 0.717) is 12.1 Å². The summed E-state index contributed by atoms with van der Waals surface area (Å²) in [6.07, 6.45) is 0.271. The van der Waals surface area contributed by atoms with E-state index in [4.69, 9.17) is 5.73 Å². The van der Waals surface area contributed by atoms with Crippen LogP contribution >= 0.6 is 0 Å². The molecule has 0 aliphatic carbocycles. The van der Waals surface area contributed by atoms with Crippen molar-refractivity contribution in [3.63, 3.8) is 0 Å². The van der Waals surface area contributed by atoms with Crippen molar-refractivity contribution in [1.82, 2.24) is 5.32 Å². The van der Waals surface area contributed by atoms with Gasteiger partial charge in [-0.05, 0) is 38.0 Å². The molecule has 17 heavy (non-hydrogen) atoms. The van der Waals surface area contributed by atoms with E-state index in [1.165, 1.54) is 6.07 Å². The number of benzene rings is 1. The molecule has 94 valence electrons. The number of carbonyl (C=O) groups excluding carboxylic acids is 1. The highest BCUT2D eigenvalue weighted by Gasteiger charge is 2.19. The molecule has 1 aromatic rings. The lowest BCUT2D eigenvalue weighted by Crippen LogP contribution is -2.42. The summed E-state index contributed by atoms with van der Waals surface area (Å²) in [5.74, 6) is -0.539. The first-order chi connectivity index (χ1) is 7.80. The second-order valence-electron chi connectivity index (χ2n) is 4.96. The molecule has 0 radical (unpaired) electrons. The number of nitrogens with one attached hydrogen (secondary N) is 1. The van der Waals surface area contributed by atoms with E-state index >= 15 is 0 Å². The van der Waals surface area contributed by atoms with E-state index in [2.05, 4.69) is 5.32 Å². The van der Waals surface area contributed by atoms with Crippen LogP contribution in [0.2, 0.25) is 0 Å². The zero-order chi connectivity index (χ0) is 13.1. The Hall–Kier alpha value is -1.42. The summed E-state index contributed by atoms with van der Waals surface area (Å²) in [6.45, 7) is 6.14. The van der Waals surface area contributed by atoms with Gasteiger partial charge in [0.1, 0.15) is 5.82 Å². The number of aryl methyl sites for hydroxylation is 1. The van der Waals surface area contributed by atoms with Gasteiger partial charge in [-0.1, -0.05) is 12.1 Å². The monoisotopic (exact) mass is 238 g/mol. The van der Waals surface area contributed by atoms with E-state index < -0.39 is 0 Å². The molecule has 0 aliphatic heterocycles. The van der Waals surface area contributed by atoms with Crippen molar-refractivity contribution in [2.24, 2.45) is 5.73 Å². The van der Waals surface area contributed by atoms with Gasteiger partial charge in [-0.25, -0.2) is 4.39 Å². The predicted octanol–water partition coefficient (Wildman–Crippen LogP) is 1.88. The number of primary amides is 1. The fourth-order valence-electron chi connectivity index (χ4n) is 1.66. The summed E-state index contributed by atoms with van der Waals surface area (Å²) in [7, 11) is 0. The molecule has 0 fully saturated rings. The van der Waals surface area contributed by atoms with Gasteiger partial charge in [0, 0.05) is 18.5 Å². The number of rotatable bonds is 5. The second-order valence-corrected chi connectivity index (χ2v) is 4.96. The molecule has 0 heterocycles. The first kappa shape index (κ1) is 13.6. The van der Waals surface area contributed by atoms with Gasteiger partial charge in [-0.2, -0.15) is 0 Å². The predicted molar refractivity (Wildman–Crippen MR) is 65.9 cm³/mol. The number of halogens is 1. The van der Waals surface area contributed by atoms with Gasteiger partial charge in [-0.15, -0.1) is 0 Å². The minimum absolute atomic E-state index is 0.204. The van der Waals surface area contributed by atoms with E-state index in [0.717, 1.165) is 5.56 Å². The third-order valence-corrected chi connectivity index (χ3v) is 2.61. The van der Waals surface area contributed by atoms with E-state index in [-0.39, 0.29) is 23.7 Å². The molecule has 0 bridgehead atoms. The lowest BCUT2D eigenvalue weighted by Gasteiger charge is -2.25. The molecule has 0 atom stereocenters. The smallest absolute Gasteiger partial charge is 0.219 e. The number of amides is 1. The topological polar surface area (TPSA) is 55.1 Å². The summed E-state index contributed by atoms with van der Waals surface area (Å²) < 4.78 is 13.1. The Morgan fingerprint density at radius 2 is 2.12 bits per heavy atom. The first-order valence-electron chi connectivity index (χ1n) is 5.58. The Morgan fingerprint density at radius 1 is 1.47 bits per heavy atom. The number of carbonyl (C=O) groups is 1. The minimum atomic E-state index is -0.353. The van der Waals surface area contributed by atoms with Gasteiger partial charge in [0.2, 0.25) is 5.91 Å². The highest BCUT2D eigenvalue weighted by atomic mass is 19.1. The van der Waals surface area contributed by atoms with Gasteiger partial charge in [0.25, 0.3) is 0 Å². The molecule has 1 aromatic carbocycles. The van der Waals surface area contributed by atoms with Crippen LogP contribution in [-0.2, 0) is 11.3 Å². The van der Waals surface area contributed by atoms with Crippen LogP contribution in [0.15, 0.2) is 18.2 Å². The molecule has 1 rings (SSSR count). The van der Waals surface area contributed by atoms with Crippen molar-refractivity contribution in [2.75, 3.05) is 0 Å². The van der Waals surface area contributed by atoms with Crippen LogP contribution in [0.1, 0.15) is 31.4 Å². The molecule has 0 spiro atoms. The largest absolute Gasteiger partial charge is 0.370 e. The molecule has 0 unspecified atom stereocenters. The molecule has 0 aromatic heterocycles. The van der Waals surface area contributed by atoms with Crippen molar-refractivity contribution < 1.29 is 9.18 Å². The SMILES string of the molecule is Cc1cc(CNC(C)(C)CC(N)=O)ccc1F. The second kappa shape index (κ2) is 5.27. The van der Waals surface area contributed by atoms with Gasteiger partial charge >= 0.3 is 0 Å². The van der Waals surface area contributed by atoms with Gasteiger partial charge in [-0.3, -0.25) is 4.79 Å². The van der Waals surface area contributed by atoms with Crippen molar-refractivity contribution >= 4 is 5.91 Å². The summed E-state index contributed by atoms with van der Waals surface area (Å²) in [5, 5.41) is 3.23. The molecule has 0 aliphatic rings. The summed E-state index contributed by atoms with van der Waals surface area (Å²) in [4.78, 5) is 10.9. The molecular weight excluding hydrogens is 219 g/mol. The zero-order valence-corrected chi connectivity index (χ0v) is 10.5. The summed E-state index contributed by atoms with van der Waals surface area (Å²) in [6, 6.07) is 4.98. The molecule has 1 amide bonds. The van der Waals surface area contributed by atoms with Crippen molar-refractivity contribution in [2.45, 2.75) is 39.3 Å². The lowest BCUT2D eigenvalue weighted by atomic mass is 9.99. The van der Waals surface area contributed by atoms with E-state index in [9.17, 15) is 9.18 Å². The zero-order valence-electron chi connectivity index (χ0n) is 10.5. The van der Waals surface area contributed by atoms with Crippen LogP contribution in [0.3, 0.4) is 0 Å². The minimum Gasteiger partial charge on any atom is -0.370 e. The van der Waals surface area contributed by atoms with Gasteiger partial charge in [0.15, 0.2) is 0 Å². The quantitative estimate of drug-likeness (QED) is 0.823. The number of hydrogen-bond acceptors (Lipinski definition) is 2. The molecule has 4 heteroatoms. The normalized spacial score (nSPS) is 11.5. The van der Waals surface area contributed by atoms with E-state index in [1.54, 1.807) is 19.1 Å². The Morgan fingerprint density at radius 3 is 2.65 bits per heavy atom. The van der Waals surface area contributed by atoms with Crippen LogP contribution in [0.25, 0.3) is 0 Å². The number of hydrogen-bond donors (Lipinski definition) is 2. The van der Waals surface area contributed by atoms with E-state index in [1.807, 2.05) is 13.8 Å². The lowest BCUT2D eigenvalue weighted by molar-refractivity contribution is -0.119. The molecule has 3 nitrogen and oxygen atoms in total. The van der Waals surface area contributed by atoms with Crippen LogP contribution < -0.4 is 11.1 Å². The third-order valence-electron chi connectivity index (χ3n) is 2.61. The standard InChI is InChI=1S/C13H19FN2O/c1-9-6-10(4-5-11(9)14)8-16-13(2,3)7-12(15)17/h4-6,16H,7-8H2,1-3H3,(H2,15,17). The van der Waals surface area contributed by atoms with Crippen LogP contribution in [0, 0.1) is 12.7 Å². The fourth-order valence-corrected chi connectivity index (χ4v) is 1.66. The van der Waals surface area contributed by atoms with Crippen LogP contribution in [0.4, 0.5) is 4.39 Å². The number of nitrogens with two attached hydrogens (primary N) is 1. The fraction of sp³-hybridized carbons (Fsp3) is 0.462. The Bertz CT molecular complexity index is 416. The highest BCUT2D eigenvalue weighted by Crippen LogP contribution is 2.12. The average Bonchev–Trinajstić information content (AvgIpc) is 2.18. The van der Waals surface area contributed by atoms with Crippen molar-refractivity contribution in [3.05, 3.63) is 35.1 Å². The Labute approximate surface area is 101 Å². The average molecular weight is 238 g/mol. The highest BCUT2D eigenvalue weighted by molar-refractivity contribution is 5.74. The maximum atomic E-state index is 13.1. The maximum absolute atomic E-state index is 13.1. The van der Waals surface area contributed by atoms with Crippen LogP contribution in [0.5, 0.6) is 0 Å². The summed E-state index contributed by atoms with van der Waals surface area (Å²) in [5.41, 5.74) is 6.42. The molecule has 0 saturated carbocycles. The molecule has 3 N–H and O–H groups in total. The Balaban J connectivity index is 2.60. The molecular formula is C13H19FN2O. The summed E-state index contributed by atoms with van der Waals surface area (Å²) >= 11 is 0. The van der Waals surface area contributed by atoms with Gasteiger partial charge in [0.05, 0.1) is 0 Å². The van der Waals surface area contributed by atoms with Crippen molar-refractivity contribution in [3.8, 4) is 0 Å². The van der Waals surface area contributed by atoms with Crippen LogP contribution in [-0.4, -0.2) is 11.4 Å². The van der Waals surface area contributed by atoms with Crippen molar-refractivity contribution in [1.29, 1.82) is 0 Å². The first-order valence-corrected chi connectivity index (χ1v) is 5.58.